The van der Waals surface area contributed by atoms with Crippen LogP contribution in [0.15, 0.2) is 176 Å². The topological polar surface area (TPSA) is 96.5 Å². The third kappa shape index (κ3) is 7.34. The van der Waals surface area contributed by atoms with Gasteiger partial charge in [-0.3, -0.25) is 24.1 Å². The highest BCUT2D eigenvalue weighted by atomic mass is 16.5. The fraction of sp³-hybridized carbons (Fsp3) is 0.143. The Balaban J connectivity index is 0.00000128. The smallest absolute Gasteiger partial charge is 0.266 e. The van der Waals surface area contributed by atoms with Crippen molar-refractivity contribution in [1.82, 2.24) is 4.90 Å². The van der Waals surface area contributed by atoms with Crippen LogP contribution in [0.2, 0.25) is 0 Å². The van der Waals surface area contributed by atoms with Crippen molar-refractivity contribution < 1.29 is 28.7 Å². The van der Waals surface area contributed by atoms with Crippen molar-refractivity contribution in [1.29, 1.82) is 0 Å². The minimum absolute atomic E-state index is 0.0276. The second-order valence-corrected chi connectivity index (χ2v) is 17.1. The largest absolute Gasteiger partial charge is 0.457 e. The van der Waals surface area contributed by atoms with Gasteiger partial charge in [0.25, 0.3) is 23.6 Å². The summed E-state index contributed by atoms with van der Waals surface area (Å²) in [5, 5.41) is 0. The molecule has 0 fully saturated rings. The number of ether oxygens (including phenoxy) is 2. The molecule has 1 atom stereocenters. The molecular formula is C56H47N3O6. The van der Waals surface area contributed by atoms with E-state index in [1.807, 2.05) is 140 Å². The predicted molar refractivity (Wildman–Crippen MR) is 254 cm³/mol. The molecule has 0 aliphatic carbocycles. The molecule has 7 aromatic rings. The van der Waals surface area contributed by atoms with Crippen molar-refractivity contribution in [3.05, 3.63) is 221 Å². The average Bonchev–Trinajstić information content (AvgIpc) is 3.83. The summed E-state index contributed by atoms with van der Waals surface area (Å²) in [4.78, 5) is 59.3. The van der Waals surface area contributed by atoms with Gasteiger partial charge in [0, 0.05) is 28.6 Å². The number of para-hydroxylation sites is 2. The van der Waals surface area contributed by atoms with Crippen molar-refractivity contribution >= 4 is 40.7 Å². The summed E-state index contributed by atoms with van der Waals surface area (Å²) < 4.78 is 12.7. The molecule has 65 heavy (non-hydrogen) atoms. The first-order valence-corrected chi connectivity index (χ1v) is 21.7. The maximum Gasteiger partial charge on any atom is 0.266 e. The van der Waals surface area contributed by atoms with Crippen LogP contribution in [-0.2, 0) is 5.54 Å². The maximum atomic E-state index is 14.6. The summed E-state index contributed by atoms with van der Waals surface area (Å²) in [5.41, 5.74) is 5.70. The van der Waals surface area contributed by atoms with Crippen LogP contribution in [0.4, 0.5) is 11.4 Å². The van der Waals surface area contributed by atoms with E-state index in [2.05, 4.69) is 27.4 Å². The molecule has 1 unspecified atom stereocenters. The summed E-state index contributed by atoms with van der Waals surface area (Å²) in [6, 6.07) is 51.6. The van der Waals surface area contributed by atoms with Gasteiger partial charge < -0.3 is 14.4 Å². The standard InChI is InChI=1S/C52H37N3O6.C4H10/c1-32(2)53-33(3)42-28-26-40(30-45(42)49(53)57)60-38-22-18-34(19-23-38)52(47-17-11-10-16-44(47)51(59)55(52)37-14-8-5-9-15-37)35-20-24-39(25-21-35)61-41-27-29-43-46(31-41)50(58)54(48(43)56)36-12-6-4-7-13-36;1-4(2)3/h4-32H,3H2,1-2H3;4H,1-3H3. The lowest BCUT2D eigenvalue weighted by molar-refractivity contribution is 0.0819. The molecule has 7 aromatic carbocycles. The molecule has 10 rings (SSSR count). The second kappa shape index (κ2) is 16.9. The SMILES string of the molecule is C=C1c2ccc(Oc3ccc(C4(c5ccc(Oc6ccc7c(c6)C(=O)N(c6ccccc6)C7=O)cc5)c5ccccc5C(=O)N4c4ccccc4)cc3)cc2C(=O)N1C(C)C.CC(C)C. The molecule has 3 aliphatic heterocycles. The van der Waals surface area contributed by atoms with E-state index in [0.717, 1.165) is 28.2 Å². The predicted octanol–water partition coefficient (Wildman–Crippen LogP) is 12.5. The van der Waals surface area contributed by atoms with Crippen LogP contribution in [0.5, 0.6) is 23.0 Å². The molecule has 0 saturated heterocycles. The molecule has 3 heterocycles. The van der Waals surface area contributed by atoms with Crippen LogP contribution in [-0.4, -0.2) is 34.6 Å². The van der Waals surface area contributed by atoms with E-state index < -0.39 is 11.4 Å². The highest BCUT2D eigenvalue weighted by Crippen LogP contribution is 2.51. The lowest BCUT2D eigenvalue weighted by atomic mass is 9.76. The fourth-order valence-corrected chi connectivity index (χ4v) is 8.84. The Morgan fingerprint density at radius 3 is 1.43 bits per heavy atom. The van der Waals surface area contributed by atoms with Crippen molar-refractivity contribution in [3.63, 3.8) is 0 Å². The fourth-order valence-electron chi connectivity index (χ4n) is 8.84. The van der Waals surface area contributed by atoms with E-state index >= 15 is 0 Å². The van der Waals surface area contributed by atoms with Crippen molar-refractivity contribution in [2.24, 2.45) is 5.92 Å². The van der Waals surface area contributed by atoms with Crippen molar-refractivity contribution in [3.8, 4) is 23.0 Å². The van der Waals surface area contributed by atoms with Crippen LogP contribution < -0.4 is 19.3 Å². The molecular weight excluding hydrogens is 811 g/mol. The third-order valence-electron chi connectivity index (χ3n) is 11.5. The monoisotopic (exact) mass is 857 g/mol. The first-order chi connectivity index (χ1) is 31.4. The lowest BCUT2D eigenvalue weighted by Gasteiger charge is -2.40. The second-order valence-electron chi connectivity index (χ2n) is 17.1. The number of rotatable bonds is 9. The van der Waals surface area contributed by atoms with Gasteiger partial charge in [-0.15, -0.1) is 0 Å². The highest BCUT2D eigenvalue weighted by molar-refractivity contribution is 6.34. The summed E-state index contributed by atoms with van der Waals surface area (Å²) >= 11 is 0. The van der Waals surface area contributed by atoms with Gasteiger partial charge in [0.15, 0.2) is 0 Å². The molecule has 0 radical (unpaired) electrons. The van der Waals surface area contributed by atoms with Crippen LogP contribution in [0.25, 0.3) is 5.70 Å². The summed E-state index contributed by atoms with van der Waals surface area (Å²) in [7, 11) is 0. The number of nitrogens with zero attached hydrogens (tertiary/aromatic N) is 3. The van der Waals surface area contributed by atoms with Gasteiger partial charge in [0.05, 0.1) is 22.4 Å². The number of benzene rings is 7. The Kier molecular flexibility index (Phi) is 11.0. The number of amides is 4. The van der Waals surface area contributed by atoms with E-state index in [-0.39, 0.29) is 29.3 Å². The summed E-state index contributed by atoms with van der Waals surface area (Å²) in [6.07, 6.45) is 0. The Labute approximate surface area is 378 Å². The molecule has 9 nitrogen and oxygen atoms in total. The van der Waals surface area contributed by atoms with Crippen LogP contribution in [0, 0.1) is 5.92 Å². The minimum Gasteiger partial charge on any atom is -0.457 e. The number of anilines is 2. The summed E-state index contributed by atoms with van der Waals surface area (Å²) in [5.74, 6) is 1.75. The van der Waals surface area contributed by atoms with Crippen LogP contribution in [0.3, 0.4) is 0 Å². The quantitative estimate of drug-likeness (QED) is 0.134. The summed E-state index contributed by atoms with van der Waals surface area (Å²) in [6.45, 7) is 14.6. The molecule has 0 spiro atoms. The van der Waals surface area contributed by atoms with Gasteiger partial charge >= 0.3 is 0 Å². The van der Waals surface area contributed by atoms with E-state index in [1.54, 1.807) is 53.4 Å². The number of hydrogen-bond donors (Lipinski definition) is 0. The van der Waals surface area contributed by atoms with Gasteiger partial charge in [-0.25, -0.2) is 4.90 Å². The zero-order chi connectivity index (χ0) is 45.6. The first-order valence-electron chi connectivity index (χ1n) is 21.7. The van der Waals surface area contributed by atoms with Gasteiger partial charge in [0.2, 0.25) is 0 Å². The molecule has 0 N–H and O–H groups in total. The van der Waals surface area contributed by atoms with E-state index in [9.17, 15) is 19.2 Å². The number of imide groups is 1. The maximum absolute atomic E-state index is 14.6. The average molecular weight is 858 g/mol. The highest BCUT2D eigenvalue weighted by Gasteiger charge is 2.53. The van der Waals surface area contributed by atoms with Crippen LogP contribution >= 0.6 is 0 Å². The Morgan fingerprint density at radius 2 is 0.892 bits per heavy atom. The zero-order valence-electron chi connectivity index (χ0n) is 36.8. The van der Waals surface area contributed by atoms with E-state index in [4.69, 9.17) is 9.47 Å². The molecule has 0 bridgehead atoms. The van der Waals surface area contributed by atoms with Gasteiger partial charge in [0.1, 0.15) is 28.5 Å². The van der Waals surface area contributed by atoms with Crippen molar-refractivity contribution in [2.75, 3.05) is 9.80 Å². The molecule has 0 aromatic heterocycles. The number of carbonyl (C=O) groups is 4. The molecule has 0 saturated carbocycles. The molecule has 4 amide bonds. The van der Waals surface area contributed by atoms with E-state index in [1.165, 1.54) is 4.90 Å². The Morgan fingerprint density at radius 1 is 0.446 bits per heavy atom. The normalized spacial score (nSPS) is 16.2. The van der Waals surface area contributed by atoms with Gasteiger partial charge in [-0.1, -0.05) is 106 Å². The molecule has 3 aliphatic rings. The Hall–Kier alpha value is -8.04. The zero-order valence-corrected chi connectivity index (χ0v) is 36.8. The third-order valence-corrected chi connectivity index (χ3v) is 11.5. The lowest BCUT2D eigenvalue weighted by Crippen LogP contribution is -2.46. The molecule has 9 heteroatoms. The van der Waals surface area contributed by atoms with Gasteiger partial charge in [-0.2, -0.15) is 0 Å². The first kappa shape index (κ1) is 42.3. The van der Waals surface area contributed by atoms with Crippen molar-refractivity contribution in [2.45, 2.75) is 46.2 Å². The Bertz CT molecular complexity index is 3000. The number of hydrogen-bond acceptors (Lipinski definition) is 6. The number of carbonyl (C=O) groups excluding carboxylic acids is 4. The van der Waals surface area contributed by atoms with Gasteiger partial charge in [-0.05, 0) is 127 Å². The molecule has 322 valence electrons. The number of fused-ring (bicyclic) bond motifs is 3. The minimum atomic E-state index is -1.12. The van der Waals surface area contributed by atoms with Crippen LogP contribution in [0.1, 0.15) is 98.3 Å². The van der Waals surface area contributed by atoms with E-state index in [0.29, 0.717) is 56.8 Å².